The van der Waals surface area contributed by atoms with Crippen molar-refractivity contribution in [2.45, 2.75) is 31.3 Å². The van der Waals surface area contributed by atoms with Gasteiger partial charge in [-0.15, -0.1) is 22.7 Å². The van der Waals surface area contributed by atoms with E-state index in [-0.39, 0.29) is 18.0 Å². The lowest BCUT2D eigenvalue weighted by atomic mass is 10.2. The van der Waals surface area contributed by atoms with Gasteiger partial charge in [0.15, 0.2) is 0 Å². The lowest BCUT2D eigenvalue weighted by Gasteiger charge is -2.10. The highest BCUT2D eigenvalue weighted by Crippen LogP contribution is 2.28. The fourth-order valence-electron chi connectivity index (χ4n) is 2.30. The van der Waals surface area contributed by atoms with Crippen LogP contribution in [0.4, 0.5) is 0 Å². The fraction of sp³-hybridized carbons (Fsp3) is 0.385. The molecule has 0 aliphatic heterocycles. The van der Waals surface area contributed by atoms with Crippen molar-refractivity contribution in [2.24, 2.45) is 5.73 Å². The number of nitrogens with two attached hydrogens (primary N) is 1. The smallest absolute Gasteiger partial charge is 0.270 e. The Morgan fingerprint density at radius 1 is 1.42 bits per heavy atom. The third-order valence-corrected chi connectivity index (χ3v) is 5.16. The quantitative estimate of drug-likeness (QED) is 0.913. The van der Waals surface area contributed by atoms with E-state index in [0.29, 0.717) is 5.69 Å². The summed E-state index contributed by atoms with van der Waals surface area (Å²) in [5.41, 5.74) is 6.35. The van der Waals surface area contributed by atoms with Gasteiger partial charge in [-0.3, -0.25) is 4.79 Å². The number of thiophene rings is 1. The molecule has 2 aromatic heterocycles. The van der Waals surface area contributed by atoms with Gasteiger partial charge in [0.05, 0.1) is 4.88 Å². The summed E-state index contributed by atoms with van der Waals surface area (Å²) in [4.78, 5) is 17.6. The highest BCUT2D eigenvalue weighted by Gasteiger charge is 2.24. The van der Waals surface area contributed by atoms with Crippen LogP contribution in [0.3, 0.4) is 0 Å². The summed E-state index contributed by atoms with van der Waals surface area (Å²) < 4.78 is 0. The van der Waals surface area contributed by atoms with Crippen LogP contribution in [0, 0.1) is 0 Å². The second-order valence-corrected chi connectivity index (χ2v) is 6.56. The summed E-state index contributed by atoms with van der Waals surface area (Å²) in [5, 5.41) is 7.75. The molecule has 3 N–H and O–H groups in total. The maximum Gasteiger partial charge on any atom is 0.270 e. The van der Waals surface area contributed by atoms with Crippen LogP contribution in [0.5, 0.6) is 0 Å². The molecule has 2 heterocycles. The monoisotopic (exact) mass is 293 g/mol. The van der Waals surface area contributed by atoms with E-state index in [9.17, 15) is 4.79 Å². The molecule has 6 heteroatoms. The largest absolute Gasteiger partial charge is 0.348 e. The number of nitrogens with zero attached hydrogens (tertiary/aromatic N) is 1. The van der Waals surface area contributed by atoms with Gasteiger partial charge in [-0.05, 0) is 30.7 Å². The van der Waals surface area contributed by atoms with E-state index in [1.54, 1.807) is 11.3 Å². The van der Waals surface area contributed by atoms with Crippen LogP contribution in [-0.2, 0) is 0 Å². The van der Waals surface area contributed by atoms with Crippen molar-refractivity contribution in [1.82, 2.24) is 10.3 Å². The van der Waals surface area contributed by atoms with Gasteiger partial charge >= 0.3 is 0 Å². The van der Waals surface area contributed by atoms with Gasteiger partial charge in [-0.2, -0.15) is 0 Å². The van der Waals surface area contributed by atoms with Gasteiger partial charge in [0, 0.05) is 17.5 Å². The Hall–Kier alpha value is -1.24. The number of hydrogen-bond donors (Lipinski definition) is 2. The molecule has 2 aromatic rings. The first-order chi connectivity index (χ1) is 9.22. The van der Waals surface area contributed by atoms with Crippen molar-refractivity contribution < 1.29 is 4.79 Å². The zero-order valence-corrected chi connectivity index (χ0v) is 12.0. The van der Waals surface area contributed by atoms with Crippen molar-refractivity contribution in [1.29, 1.82) is 0 Å². The molecule has 19 heavy (non-hydrogen) atoms. The average molecular weight is 293 g/mol. The predicted molar refractivity (Wildman–Crippen MR) is 78.5 cm³/mol. The summed E-state index contributed by atoms with van der Waals surface area (Å²) >= 11 is 3.14. The molecule has 2 atom stereocenters. The van der Waals surface area contributed by atoms with E-state index in [4.69, 9.17) is 5.73 Å². The Kier molecular flexibility index (Phi) is 3.63. The molecule has 1 fully saturated rings. The zero-order valence-electron chi connectivity index (χ0n) is 10.3. The third kappa shape index (κ3) is 2.86. The van der Waals surface area contributed by atoms with Crippen molar-refractivity contribution in [2.75, 3.05) is 0 Å². The summed E-state index contributed by atoms with van der Waals surface area (Å²) in [6, 6.07) is 4.43. The van der Waals surface area contributed by atoms with Gasteiger partial charge in [-0.1, -0.05) is 6.07 Å². The maximum absolute atomic E-state index is 12.1. The number of thiazole rings is 1. The molecular formula is C13H15N3OS2. The topological polar surface area (TPSA) is 68.0 Å². The molecule has 1 saturated carbocycles. The Bertz CT molecular complexity index is 564. The molecule has 1 aliphatic rings. The molecule has 100 valence electrons. The van der Waals surface area contributed by atoms with Crippen LogP contribution < -0.4 is 11.1 Å². The first-order valence-electron chi connectivity index (χ1n) is 6.28. The molecule has 0 bridgehead atoms. The molecule has 0 saturated heterocycles. The molecule has 0 spiro atoms. The van der Waals surface area contributed by atoms with E-state index in [2.05, 4.69) is 10.3 Å². The minimum absolute atomic E-state index is 0.0850. The van der Waals surface area contributed by atoms with Crippen LogP contribution >= 0.6 is 22.7 Å². The molecule has 4 nitrogen and oxygen atoms in total. The second-order valence-electron chi connectivity index (χ2n) is 4.76. The SMILES string of the molecule is N[C@@H]1CC[C@@H](NC(=O)c2csc(-c3cccs3)n2)C1. The lowest BCUT2D eigenvalue weighted by Crippen LogP contribution is -2.34. The molecule has 0 aromatic carbocycles. The first-order valence-corrected chi connectivity index (χ1v) is 8.04. The van der Waals surface area contributed by atoms with Gasteiger partial charge in [0.25, 0.3) is 5.91 Å². The Morgan fingerprint density at radius 3 is 3.00 bits per heavy atom. The average Bonchev–Trinajstić information content (AvgIpc) is 3.08. The van der Waals surface area contributed by atoms with E-state index in [1.807, 2.05) is 22.9 Å². The Labute approximate surface area is 119 Å². The molecule has 1 amide bonds. The van der Waals surface area contributed by atoms with Crippen molar-refractivity contribution in [3.05, 3.63) is 28.6 Å². The highest BCUT2D eigenvalue weighted by molar-refractivity contribution is 7.20. The predicted octanol–water partition coefficient (Wildman–Crippen LogP) is 2.48. The first kappa shape index (κ1) is 12.8. The number of aromatic nitrogens is 1. The number of amides is 1. The minimum Gasteiger partial charge on any atom is -0.348 e. The summed E-state index contributed by atoms with van der Waals surface area (Å²) in [5.74, 6) is -0.0850. The molecule has 0 unspecified atom stereocenters. The standard InChI is InChI=1S/C13H15N3OS2/c14-8-3-4-9(6-8)15-12(17)10-7-19-13(16-10)11-2-1-5-18-11/h1-2,5,7-9H,3-4,6,14H2,(H,15,17)/t8-,9-/m1/s1. The van der Waals surface area contributed by atoms with Gasteiger partial charge in [-0.25, -0.2) is 4.98 Å². The van der Waals surface area contributed by atoms with Crippen LogP contribution in [0.2, 0.25) is 0 Å². The number of hydrogen-bond acceptors (Lipinski definition) is 5. The van der Waals surface area contributed by atoms with Crippen molar-refractivity contribution in [3.8, 4) is 9.88 Å². The van der Waals surface area contributed by atoms with Crippen molar-refractivity contribution >= 4 is 28.6 Å². The zero-order chi connectivity index (χ0) is 13.2. The summed E-state index contributed by atoms with van der Waals surface area (Å²) in [7, 11) is 0. The molecular weight excluding hydrogens is 278 g/mol. The van der Waals surface area contributed by atoms with Crippen molar-refractivity contribution in [3.63, 3.8) is 0 Å². The van der Waals surface area contributed by atoms with Crippen LogP contribution in [0.15, 0.2) is 22.9 Å². The number of rotatable bonds is 3. The van der Waals surface area contributed by atoms with E-state index < -0.39 is 0 Å². The molecule has 0 radical (unpaired) electrons. The van der Waals surface area contributed by atoms with E-state index in [1.165, 1.54) is 11.3 Å². The summed E-state index contributed by atoms with van der Waals surface area (Å²) in [6.07, 6.45) is 2.82. The number of nitrogens with one attached hydrogen (secondary N) is 1. The minimum atomic E-state index is -0.0850. The third-order valence-electron chi connectivity index (χ3n) is 3.28. The molecule has 1 aliphatic carbocycles. The Morgan fingerprint density at radius 2 is 2.32 bits per heavy atom. The van der Waals surface area contributed by atoms with Gasteiger partial charge in [0.1, 0.15) is 10.7 Å². The highest BCUT2D eigenvalue weighted by atomic mass is 32.1. The maximum atomic E-state index is 12.1. The van der Waals surface area contributed by atoms with Crippen LogP contribution in [-0.4, -0.2) is 23.0 Å². The van der Waals surface area contributed by atoms with E-state index in [0.717, 1.165) is 29.1 Å². The van der Waals surface area contributed by atoms with Gasteiger partial charge in [0.2, 0.25) is 0 Å². The number of carbonyl (C=O) groups is 1. The lowest BCUT2D eigenvalue weighted by molar-refractivity contribution is 0.0933. The van der Waals surface area contributed by atoms with Crippen LogP contribution in [0.1, 0.15) is 29.8 Å². The van der Waals surface area contributed by atoms with E-state index >= 15 is 0 Å². The summed E-state index contributed by atoms with van der Waals surface area (Å²) in [6.45, 7) is 0. The van der Waals surface area contributed by atoms with Gasteiger partial charge < -0.3 is 11.1 Å². The fourth-order valence-corrected chi connectivity index (χ4v) is 3.91. The Balaban J connectivity index is 1.67. The number of carbonyl (C=O) groups excluding carboxylic acids is 1. The molecule has 3 rings (SSSR count). The second kappa shape index (κ2) is 5.40. The normalized spacial score (nSPS) is 22.6. The van der Waals surface area contributed by atoms with Crippen LogP contribution in [0.25, 0.3) is 9.88 Å².